The van der Waals surface area contributed by atoms with E-state index in [0.29, 0.717) is 25.5 Å². The zero-order chi connectivity index (χ0) is 22.7. The van der Waals surface area contributed by atoms with Gasteiger partial charge in [0.05, 0.1) is 42.2 Å². The second-order valence-corrected chi connectivity index (χ2v) is 7.68. The number of benzene rings is 2. The topological polar surface area (TPSA) is 77.7 Å². The van der Waals surface area contributed by atoms with Gasteiger partial charge in [-0.1, -0.05) is 12.1 Å². The fourth-order valence-electron chi connectivity index (χ4n) is 3.89. The Labute approximate surface area is 186 Å². The van der Waals surface area contributed by atoms with Gasteiger partial charge in [0.15, 0.2) is 0 Å². The van der Waals surface area contributed by atoms with E-state index in [0.717, 1.165) is 41.1 Å². The van der Waals surface area contributed by atoms with Crippen molar-refractivity contribution in [3.63, 3.8) is 0 Å². The van der Waals surface area contributed by atoms with Gasteiger partial charge in [-0.3, -0.25) is 13.9 Å². The van der Waals surface area contributed by atoms with Gasteiger partial charge in [0, 0.05) is 33.3 Å². The molecule has 8 nitrogen and oxygen atoms in total. The van der Waals surface area contributed by atoms with Crippen LogP contribution < -0.4 is 20.6 Å². The number of carbonyl (C=O) groups excluding carboxylic acids is 1. The summed E-state index contributed by atoms with van der Waals surface area (Å²) in [6.07, 6.45) is 3.27. The number of nitrogens with one attached hydrogen (secondary N) is 1. The largest absolute Gasteiger partial charge is 0.494 e. The van der Waals surface area contributed by atoms with Crippen molar-refractivity contribution in [3.05, 3.63) is 58.5 Å². The van der Waals surface area contributed by atoms with Gasteiger partial charge in [-0.25, -0.2) is 4.79 Å². The lowest BCUT2D eigenvalue weighted by atomic mass is 10.2. The first kappa shape index (κ1) is 21.7. The fourth-order valence-corrected chi connectivity index (χ4v) is 3.89. The molecule has 2 aromatic carbocycles. The summed E-state index contributed by atoms with van der Waals surface area (Å²) in [5.41, 5.74) is 3.93. The van der Waals surface area contributed by atoms with Crippen molar-refractivity contribution in [1.29, 1.82) is 0 Å². The lowest BCUT2D eigenvalue weighted by molar-refractivity contribution is -0.111. The summed E-state index contributed by atoms with van der Waals surface area (Å²) in [5, 5.41) is 3.00. The molecular formula is C24H28N4O4. The number of imidazole rings is 1. The van der Waals surface area contributed by atoms with Gasteiger partial charge in [-0.15, -0.1) is 0 Å². The van der Waals surface area contributed by atoms with Crippen LogP contribution in [0, 0.1) is 0 Å². The van der Waals surface area contributed by atoms with Crippen LogP contribution in [0.15, 0.2) is 47.3 Å². The van der Waals surface area contributed by atoms with Crippen molar-refractivity contribution >= 4 is 34.4 Å². The molecule has 0 bridgehead atoms. The average Bonchev–Trinajstić information content (AvgIpc) is 3.02. The van der Waals surface area contributed by atoms with E-state index in [-0.39, 0.29) is 11.6 Å². The minimum atomic E-state index is -0.242. The number of hydrogen-bond donors (Lipinski definition) is 1. The lowest BCUT2D eigenvalue weighted by Gasteiger charge is -2.30. The summed E-state index contributed by atoms with van der Waals surface area (Å²) in [6.45, 7) is 5.23. The van der Waals surface area contributed by atoms with Crippen LogP contribution >= 0.6 is 0 Å². The quantitative estimate of drug-likeness (QED) is 0.602. The Morgan fingerprint density at radius 3 is 2.41 bits per heavy atom. The molecule has 1 aromatic heterocycles. The third-order valence-corrected chi connectivity index (χ3v) is 5.62. The number of morpholine rings is 1. The minimum Gasteiger partial charge on any atom is -0.494 e. The van der Waals surface area contributed by atoms with Crippen molar-refractivity contribution in [2.75, 3.05) is 43.1 Å². The van der Waals surface area contributed by atoms with E-state index in [1.54, 1.807) is 29.3 Å². The summed E-state index contributed by atoms with van der Waals surface area (Å²) in [7, 11) is 3.49. The first-order valence-electron chi connectivity index (χ1n) is 10.7. The molecule has 3 aromatic rings. The van der Waals surface area contributed by atoms with E-state index in [1.165, 1.54) is 6.08 Å². The van der Waals surface area contributed by atoms with Crippen LogP contribution in [0.4, 0.5) is 11.4 Å². The maximum atomic E-state index is 12.7. The van der Waals surface area contributed by atoms with Gasteiger partial charge in [-0.05, 0) is 42.8 Å². The highest BCUT2D eigenvalue weighted by atomic mass is 16.5. The molecule has 8 heteroatoms. The van der Waals surface area contributed by atoms with Gasteiger partial charge < -0.3 is 19.7 Å². The standard InChI is InChI=1S/C24H28N4O4/c1-4-32-18-8-5-17(6-9-18)7-10-23(29)25-19-15-21-22(27(3)24(30)26(21)2)16-20(19)28-11-13-31-14-12-28/h5-10,15-16H,4,11-14H2,1-3H3,(H,25,29). The van der Waals surface area contributed by atoms with Crippen molar-refractivity contribution in [1.82, 2.24) is 9.13 Å². The number of ether oxygens (including phenoxy) is 2. The number of fused-ring (bicyclic) bond motifs is 1. The Bertz CT molecular complexity index is 1200. The molecule has 0 radical (unpaired) electrons. The number of nitrogens with zero attached hydrogens (tertiary/aromatic N) is 3. The smallest absolute Gasteiger partial charge is 0.328 e. The monoisotopic (exact) mass is 436 g/mol. The number of aromatic nitrogens is 2. The van der Waals surface area contributed by atoms with Crippen molar-refractivity contribution in [3.8, 4) is 5.75 Å². The van der Waals surface area contributed by atoms with Crippen LogP contribution in [0.5, 0.6) is 5.75 Å². The molecule has 1 aliphatic heterocycles. The van der Waals surface area contributed by atoms with E-state index in [1.807, 2.05) is 43.3 Å². The molecule has 0 saturated carbocycles. The number of hydrogen-bond acceptors (Lipinski definition) is 5. The second-order valence-electron chi connectivity index (χ2n) is 7.68. The van der Waals surface area contributed by atoms with Gasteiger partial charge in [-0.2, -0.15) is 0 Å². The van der Waals surface area contributed by atoms with Gasteiger partial charge in [0.1, 0.15) is 5.75 Å². The highest BCUT2D eigenvalue weighted by Crippen LogP contribution is 2.31. The van der Waals surface area contributed by atoms with Crippen LogP contribution in [-0.4, -0.2) is 48.0 Å². The van der Waals surface area contributed by atoms with E-state index >= 15 is 0 Å². The number of rotatable bonds is 6. The third-order valence-electron chi connectivity index (χ3n) is 5.62. The summed E-state index contributed by atoms with van der Waals surface area (Å²) < 4.78 is 14.1. The lowest BCUT2D eigenvalue weighted by Crippen LogP contribution is -2.36. The van der Waals surface area contributed by atoms with Crippen molar-refractivity contribution in [2.24, 2.45) is 14.1 Å². The van der Waals surface area contributed by atoms with E-state index < -0.39 is 0 Å². The molecule has 1 aliphatic rings. The van der Waals surface area contributed by atoms with Crippen molar-refractivity contribution < 1.29 is 14.3 Å². The fraction of sp³-hybridized carbons (Fsp3) is 0.333. The Morgan fingerprint density at radius 2 is 1.75 bits per heavy atom. The van der Waals surface area contributed by atoms with Gasteiger partial charge >= 0.3 is 5.69 Å². The maximum absolute atomic E-state index is 12.7. The van der Waals surface area contributed by atoms with Gasteiger partial charge in [0.25, 0.3) is 0 Å². The van der Waals surface area contributed by atoms with Crippen LogP contribution in [0.2, 0.25) is 0 Å². The summed E-state index contributed by atoms with van der Waals surface area (Å²) in [6, 6.07) is 11.4. The molecule has 32 heavy (non-hydrogen) atoms. The SMILES string of the molecule is CCOc1ccc(C=CC(=O)Nc2cc3c(cc2N2CCOCC2)n(C)c(=O)n3C)cc1. The molecule has 0 spiro atoms. The van der Waals surface area contributed by atoms with Crippen LogP contribution in [0.1, 0.15) is 12.5 Å². The number of anilines is 2. The highest BCUT2D eigenvalue weighted by Gasteiger charge is 2.19. The number of aryl methyl sites for hydroxylation is 2. The number of carbonyl (C=O) groups is 1. The number of amides is 1. The molecule has 168 valence electrons. The normalized spacial score (nSPS) is 14.3. The zero-order valence-electron chi connectivity index (χ0n) is 18.6. The maximum Gasteiger partial charge on any atom is 0.328 e. The summed E-state index contributed by atoms with van der Waals surface area (Å²) in [4.78, 5) is 27.3. The Morgan fingerprint density at radius 1 is 1.09 bits per heavy atom. The second kappa shape index (κ2) is 9.32. The zero-order valence-corrected chi connectivity index (χ0v) is 18.6. The molecular weight excluding hydrogens is 408 g/mol. The first-order chi connectivity index (χ1) is 15.5. The molecule has 2 heterocycles. The molecule has 1 saturated heterocycles. The first-order valence-corrected chi connectivity index (χ1v) is 10.7. The molecule has 1 amide bonds. The molecule has 1 fully saturated rings. The van der Waals surface area contributed by atoms with Crippen LogP contribution in [0.3, 0.4) is 0 Å². The van der Waals surface area contributed by atoms with Crippen molar-refractivity contribution in [2.45, 2.75) is 6.92 Å². The predicted octanol–water partition coefficient (Wildman–Crippen LogP) is 2.76. The molecule has 0 atom stereocenters. The molecule has 0 unspecified atom stereocenters. The third kappa shape index (κ3) is 4.40. The minimum absolute atomic E-state index is 0.105. The van der Waals surface area contributed by atoms with Gasteiger partial charge in [0.2, 0.25) is 5.91 Å². The molecule has 4 rings (SSSR count). The Kier molecular flexibility index (Phi) is 6.32. The Hall–Kier alpha value is -3.52. The summed E-state index contributed by atoms with van der Waals surface area (Å²) in [5.74, 6) is 0.555. The Balaban J connectivity index is 1.62. The predicted molar refractivity (Wildman–Crippen MR) is 126 cm³/mol. The highest BCUT2D eigenvalue weighted by molar-refractivity contribution is 6.05. The van der Waals surface area contributed by atoms with Crippen LogP contribution in [0.25, 0.3) is 17.1 Å². The van der Waals surface area contributed by atoms with E-state index in [4.69, 9.17) is 9.47 Å². The average molecular weight is 437 g/mol. The molecule has 1 N–H and O–H groups in total. The van der Waals surface area contributed by atoms with E-state index in [2.05, 4.69) is 10.2 Å². The summed E-state index contributed by atoms with van der Waals surface area (Å²) >= 11 is 0. The molecule has 0 aliphatic carbocycles. The van der Waals surface area contributed by atoms with Crippen LogP contribution in [-0.2, 0) is 23.6 Å². The van der Waals surface area contributed by atoms with E-state index in [9.17, 15) is 9.59 Å².